The van der Waals surface area contributed by atoms with Crippen molar-refractivity contribution in [1.82, 2.24) is 3.97 Å². The number of hydrogen-bond donors (Lipinski definition) is 0. The highest BCUT2D eigenvalue weighted by molar-refractivity contribution is 7.77. The van der Waals surface area contributed by atoms with E-state index in [4.69, 9.17) is 4.74 Å². The second kappa shape index (κ2) is 4.16. The fraction of sp³-hybridized carbons (Fsp3) is 0.444. The summed E-state index contributed by atoms with van der Waals surface area (Å²) in [7, 11) is 0. The first kappa shape index (κ1) is 11.9. The number of carbonyl (C=O) groups excluding carboxylic acids is 1. The van der Waals surface area contributed by atoms with E-state index >= 15 is 0 Å². The lowest BCUT2D eigenvalue weighted by atomic mass is 10.2. The van der Waals surface area contributed by atoms with Gasteiger partial charge in [0.05, 0.1) is 16.8 Å². The second-order valence-electron chi connectivity index (χ2n) is 3.98. The van der Waals surface area contributed by atoms with Gasteiger partial charge < -0.3 is 9.29 Å². The molecule has 0 saturated carbocycles. The van der Waals surface area contributed by atoms with Crippen LogP contribution in [0.15, 0.2) is 18.5 Å². The SMILES string of the molecule is CC(C)(C)OC(=O)c1ccn(S(=O)[O-])c1. The largest absolute Gasteiger partial charge is 0.755 e. The molecule has 1 unspecified atom stereocenters. The van der Waals surface area contributed by atoms with Crippen LogP contribution in [0.3, 0.4) is 0 Å². The van der Waals surface area contributed by atoms with E-state index < -0.39 is 22.8 Å². The Balaban J connectivity index is 2.79. The first-order valence-electron chi connectivity index (χ1n) is 4.31. The van der Waals surface area contributed by atoms with Crippen LogP contribution in [0.25, 0.3) is 0 Å². The summed E-state index contributed by atoms with van der Waals surface area (Å²) in [6, 6.07) is 1.39. The molecule has 0 spiro atoms. The predicted octanol–water partition coefficient (Wildman–Crippen LogP) is 1.09. The molecule has 1 aromatic heterocycles. The minimum absolute atomic E-state index is 0.217. The lowest BCUT2D eigenvalue weighted by Crippen LogP contribution is -2.23. The monoisotopic (exact) mass is 230 g/mol. The third-order valence-electron chi connectivity index (χ3n) is 1.47. The summed E-state index contributed by atoms with van der Waals surface area (Å²) in [4.78, 5) is 11.5. The summed E-state index contributed by atoms with van der Waals surface area (Å²) >= 11 is -2.39. The molecule has 0 saturated heterocycles. The Bertz CT molecular complexity index is 391. The molecule has 0 fully saturated rings. The molecule has 1 heterocycles. The molecule has 0 radical (unpaired) electrons. The van der Waals surface area contributed by atoms with Gasteiger partial charge in [-0.3, -0.25) is 8.18 Å². The number of rotatable bonds is 2. The lowest BCUT2D eigenvalue weighted by Gasteiger charge is -2.18. The van der Waals surface area contributed by atoms with Crippen LogP contribution in [0.1, 0.15) is 31.1 Å². The van der Waals surface area contributed by atoms with E-state index in [2.05, 4.69) is 0 Å². The third kappa shape index (κ3) is 3.49. The van der Waals surface area contributed by atoms with Gasteiger partial charge in [-0.25, -0.2) is 4.79 Å². The number of esters is 1. The van der Waals surface area contributed by atoms with Crippen molar-refractivity contribution in [3.05, 3.63) is 24.0 Å². The maximum Gasteiger partial charge on any atom is 0.340 e. The Kier molecular flexibility index (Phi) is 3.31. The van der Waals surface area contributed by atoms with E-state index in [1.54, 1.807) is 20.8 Å². The maximum absolute atomic E-state index is 11.5. The van der Waals surface area contributed by atoms with Crippen molar-refractivity contribution in [3.63, 3.8) is 0 Å². The highest BCUT2D eigenvalue weighted by Crippen LogP contribution is 2.12. The molecule has 0 amide bonds. The van der Waals surface area contributed by atoms with Gasteiger partial charge in [0.25, 0.3) is 0 Å². The fourth-order valence-corrected chi connectivity index (χ4v) is 1.29. The van der Waals surface area contributed by atoms with E-state index in [9.17, 15) is 13.6 Å². The first-order chi connectivity index (χ1) is 6.79. The van der Waals surface area contributed by atoms with E-state index in [0.717, 1.165) is 3.97 Å². The van der Waals surface area contributed by atoms with E-state index in [1.807, 2.05) is 0 Å². The highest BCUT2D eigenvalue weighted by atomic mass is 32.2. The Morgan fingerprint density at radius 1 is 1.53 bits per heavy atom. The summed E-state index contributed by atoms with van der Waals surface area (Å²) in [5.74, 6) is -0.535. The van der Waals surface area contributed by atoms with Gasteiger partial charge in [-0.15, -0.1) is 0 Å². The van der Waals surface area contributed by atoms with Gasteiger partial charge in [-0.05, 0) is 26.8 Å². The molecule has 0 N–H and O–H groups in total. The Morgan fingerprint density at radius 3 is 2.53 bits per heavy atom. The smallest absolute Gasteiger partial charge is 0.340 e. The molecule has 1 aromatic rings. The molecule has 0 bridgehead atoms. The molecule has 0 aromatic carbocycles. The minimum atomic E-state index is -2.39. The molecular formula is C9H12NO4S-. The van der Waals surface area contributed by atoms with Crippen LogP contribution in [-0.2, 0) is 16.0 Å². The summed E-state index contributed by atoms with van der Waals surface area (Å²) in [5.41, 5.74) is -0.371. The quantitative estimate of drug-likeness (QED) is 0.563. The van der Waals surface area contributed by atoms with Gasteiger partial charge in [0.15, 0.2) is 0 Å². The normalized spacial score (nSPS) is 13.6. The second-order valence-corrected chi connectivity index (χ2v) is 4.83. The molecular weight excluding hydrogens is 218 g/mol. The molecule has 1 rings (SSSR count). The Hall–Kier alpha value is -1.14. The average molecular weight is 230 g/mol. The topological polar surface area (TPSA) is 71.4 Å². The number of ether oxygens (including phenoxy) is 1. The van der Waals surface area contributed by atoms with E-state index in [-0.39, 0.29) is 5.56 Å². The maximum atomic E-state index is 11.5. The van der Waals surface area contributed by atoms with Gasteiger partial charge in [0.2, 0.25) is 0 Å². The van der Waals surface area contributed by atoms with Crippen molar-refractivity contribution in [3.8, 4) is 0 Å². The molecule has 0 aliphatic carbocycles. The molecule has 0 aliphatic rings. The van der Waals surface area contributed by atoms with E-state index in [0.29, 0.717) is 0 Å². The minimum Gasteiger partial charge on any atom is -0.755 e. The summed E-state index contributed by atoms with van der Waals surface area (Å²) in [5, 5.41) is 0. The van der Waals surface area contributed by atoms with E-state index in [1.165, 1.54) is 18.5 Å². The zero-order valence-corrected chi connectivity index (χ0v) is 9.54. The molecule has 6 heteroatoms. The number of hydrogen-bond acceptors (Lipinski definition) is 4. The number of nitrogens with zero attached hydrogens (tertiary/aromatic N) is 1. The van der Waals surface area contributed by atoms with Crippen LogP contribution in [-0.4, -0.2) is 24.3 Å². The third-order valence-corrected chi connectivity index (χ3v) is 2.05. The summed E-state index contributed by atoms with van der Waals surface area (Å²) < 4.78 is 27.0. The van der Waals surface area contributed by atoms with Gasteiger partial charge in [-0.2, -0.15) is 0 Å². The van der Waals surface area contributed by atoms with Gasteiger partial charge in [0, 0.05) is 12.4 Å². The lowest BCUT2D eigenvalue weighted by molar-refractivity contribution is 0.00697. The zero-order valence-electron chi connectivity index (χ0n) is 8.72. The van der Waals surface area contributed by atoms with Gasteiger partial charge >= 0.3 is 5.97 Å². The van der Waals surface area contributed by atoms with Gasteiger partial charge in [-0.1, -0.05) is 0 Å². The van der Waals surface area contributed by atoms with Crippen molar-refractivity contribution < 1.29 is 18.3 Å². The first-order valence-corrected chi connectivity index (χ1v) is 5.34. The Labute approximate surface area is 90.5 Å². The van der Waals surface area contributed by atoms with Crippen molar-refractivity contribution in [1.29, 1.82) is 0 Å². The predicted molar refractivity (Wildman–Crippen MR) is 53.9 cm³/mol. The molecule has 1 atom stereocenters. The van der Waals surface area contributed by atoms with Crippen LogP contribution in [0.5, 0.6) is 0 Å². The zero-order chi connectivity index (χ0) is 11.6. The molecule has 5 nitrogen and oxygen atoms in total. The summed E-state index contributed by atoms with van der Waals surface area (Å²) in [6.07, 6.45) is 2.49. The van der Waals surface area contributed by atoms with Crippen LogP contribution < -0.4 is 0 Å². The molecule has 84 valence electrons. The number of carbonyl (C=O) groups is 1. The standard InChI is InChI=1S/C9H13NO4S/c1-9(2,3)14-8(11)7-4-5-10(6-7)15(12)13/h4-6H,1-3H3,(H,12,13)/p-1. The van der Waals surface area contributed by atoms with Crippen molar-refractivity contribution in [2.24, 2.45) is 0 Å². The highest BCUT2D eigenvalue weighted by Gasteiger charge is 2.18. The molecule has 0 aliphatic heterocycles. The van der Waals surface area contributed by atoms with Crippen LogP contribution >= 0.6 is 0 Å². The van der Waals surface area contributed by atoms with Crippen molar-refractivity contribution in [2.75, 3.05) is 0 Å². The van der Waals surface area contributed by atoms with Crippen LogP contribution in [0, 0.1) is 0 Å². The fourth-order valence-electron chi connectivity index (χ4n) is 0.927. The molecule has 15 heavy (non-hydrogen) atoms. The summed E-state index contributed by atoms with van der Waals surface area (Å²) in [6.45, 7) is 5.23. The number of aromatic nitrogens is 1. The van der Waals surface area contributed by atoms with Crippen molar-refractivity contribution >= 4 is 17.2 Å². The van der Waals surface area contributed by atoms with Crippen LogP contribution in [0.2, 0.25) is 0 Å². The van der Waals surface area contributed by atoms with Crippen molar-refractivity contribution in [2.45, 2.75) is 26.4 Å². The van der Waals surface area contributed by atoms with Gasteiger partial charge in [0.1, 0.15) is 5.60 Å². The Morgan fingerprint density at radius 2 is 2.13 bits per heavy atom. The average Bonchev–Trinajstić information content (AvgIpc) is 2.47. The van der Waals surface area contributed by atoms with Crippen LogP contribution in [0.4, 0.5) is 0 Å².